The van der Waals surface area contributed by atoms with Crippen LogP contribution in [0.15, 0.2) is 24.3 Å². The number of carbonyl (C=O) groups is 3. The highest BCUT2D eigenvalue weighted by Crippen LogP contribution is 2.37. The summed E-state index contributed by atoms with van der Waals surface area (Å²) in [4.78, 5) is 38.5. The number of nitrogens with zero attached hydrogens (tertiary/aromatic N) is 1. The summed E-state index contributed by atoms with van der Waals surface area (Å²) in [6.45, 7) is 1.87. The van der Waals surface area contributed by atoms with Gasteiger partial charge >= 0.3 is 6.03 Å². The maximum absolute atomic E-state index is 12.8. The van der Waals surface area contributed by atoms with Crippen LogP contribution in [0, 0.1) is 5.92 Å². The lowest BCUT2D eigenvalue weighted by molar-refractivity contribution is -0.132. The molecule has 0 radical (unpaired) electrons. The van der Waals surface area contributed by atoms with Crippen molar-refractivity contribution in [3.05, 3.63) is 34.9 Å². The van der Waals surface area contributed by atoms with Crippen LogP contribution in [0.25, 0.3) is 0 Å². The summed E-state index contributed by atoms with van der Waals surface area (Å²) < 4.78 is 0. The van der Waals surface area contributed by atoms with Crippen molar-refractivity contribution >= 4 is 29.3 Å². The van der Waals surface area contributed by atoms with E-state index in [1.165, 1.54) is 0 Å². The number of urea groups is 1. The second-order valence-corrected chi connectivity index (χ2v) is 7.07. The molecule has 0 atom stereocenters. The maximum atomic E-state index is 12.8. The van der Waals surface area contributed by atoms with Crippen molar-refractivity contribution in [2.75, 3.05) is 6.54 Å². The van der Waals surface area contributed by atoms with Crippen LogP contribution in [0.2, 0.25) is 5.02 Å². The summed E-state index contributed by atoms with van der Waals surface area (Å²) >= 11 is 6.03. The van der Waals surface area contributed by atoms with Crippen LogP contribution >= 0.6 is 11.6 Å². The molecule has 1 aliphatic carbocycles. The fourth-order valence-corrected chi connectivity index (χ4v) is 3.89. The summed E-state index contributed by atoms with van der Waals surface area (Å²) in [5.74, 6) is 0.00462. The van der Waals surface area contributed by atoms with Gasteiger partial charge in [0.1, 0.15) is 5.54 Å². The third kappa shape index (κ3) is 2.93. The summed E-state index contributed by atoms with van der Waals surface area (Å²) in [5, 5.41) is 3.16. The van der Waals surface area contributed by atoms with E-state index in [0.29, 0.717) is 29.3 Å². The van der Waals surface area contributed by atoms with Gasteiger partial charge in [-0.1, -0.05) is 37.1 Å². The predicted molar refractivity (Wildman–Crippen MR) is 91.0 cm³/mol. The predicted octanol–water partition coefficient (Wildman–Crippen LogP) is 3.41. The zero-order chi connectivity index (χ0) is 17.3. The van der Waals surface area contributed by atoms with Gasteiger partial charge in [0, 0.05) is 5.56 Å². The molecule has 0 unspecified atom stereocenters. The second-order valence-electron chi connectivity index (χ2n) is 6.66. The van der Waals surface area contributed by atoms with Gasteiger partial charge in [0.25, 0.3) is 5.91 Å². The van der Waals surface area contributed by atoms with Crippen LogP contribution in [0.3, 0.4) is 0 Å². The normalized spacial score (nSPS) is 26.8. The van der Waals surface area contributed by atoms with Crippen molar-refractivity contribution in [2.24, 2.45) is 5.92 Å². The molecule has 1 saturated heterocycles. The molecule has 6 heteroatoms. The number of halogens is 1. The molecule has 1 saturated carbocycles. The van der Waals surface area contributed by atoms with E-state index in [0.717, 1.165) is 24.2 Å². The van der Waals surface area contributed by atoms with Gasteiger partial charge < -0.3 is 5.32 Å². The number of benzene rings is 1. The van der Waals surface area contributed by atoms with Crippen LogP contribution in [-0.2, 0) is 4.79 Å². The minimum absolute atomic E-state index is 0.270. The van der Waals surface area contributed by atoms with E-state index in [-0.39, 0.29) is 18.2 Å². The number of imide groups is 1. The van der Waals surface area contributed by atoms with Gasteiger partial charge in [-0.3, -0.25) is 14.5 Å². The van der Waals surface area contributed by atoms with Gasteiger partial charge in [-0.15, -0.1) is 0 Å². The highest BCUT2D eigenvalue weighted by Gasteiger charge is 2.52. The number of amides is 3. The van der Waals surface area contributed by atoms with Crippen molar-refractivity contribution in [2.45, 2.75) is 44.6 Å². The van der Waals surface area contributed by atoms with E-state index in [9.17, 15) is 14.4 Å². The fraction of sp³-hybridized carbons (Fsp3) is 0.500. The number of nitrogens with one attached hydrogen (secondary N) is 1. The van der Waals surface area contributed by atoms with Gasteiger partial charge in [-0.2, -0.15) is 0 Å². The molecule has 1 heterocycles. The van der Waals surface area contributed by atoms with Crippen molar-refractivity contribution in [3.8, 4) is 0 Å². The Hall–Kier alpha value is -1.88. The van der Waals surface area contributed by atoms with Gasteiger partial charge in [-0.05, 0) is 43.7 Å². The zero-order valence-corrected chi connectivity index (χ0v) is 14.4. The molecule has 1 aliphatic heterocycles. The Morgan fingerprint density at radius 2 is 1.96 bits per heavy atom. The second kappa shape index (κ2) is 6.55. The first-order valence-electron chi connectivity index (χ1n) is 8.38. The minimum atomic E-state index is -0.816. The first-order valence-corrected chi connectivity index (χ1v) is 8.76. The number of carbonyl (C=O) groups excluding carboxylic acids is 3. The molecule has 2 aliphatic rings. The topological polar surface area (TPSA) is 66.5 Å². The van der Waals surface area contributed by atoms with Gasteiger partial charge in [0.2, 0.25) is 0 Å². The molecule has 1 aromatic carbocycles. The summed E-state index contributed by atoms with van der Waals surface area (Å²) in [6, 6.07) is 6.18. The number of rotatable bonds is 4. The van der Waals surface area contributed by atoms with Crippen molar-refractivity contribution in [1.82, 2.24) is 10.2 Å². The average molecular weight is 349 g/mol. The van der Waals surface area contributed by atoms with Crippen LogP contribution in [0.4, 0.5) is 4.79 Å². The molecule has 0 aromatic heterocycles. The molecule has 0 bridgehead atoms. The zero-order valence-electron chi connectivity index (χ0n) is 13.7. The van der Waals surface area contributed by atoms with Crippen LogP contribution in [0.1, 0.15) is 49.4 Å². The lowest BCUT2D eigenvalue weighted by Gasteiger charge is -2.34. The Labute approximate surface area is 146 Å². The Kier molecular flexibility index (Phi) is 4.63. The third-order valence-electron chi connectivity index (χ3n) is 5.26. The van der Waals surface area contributed by atoms with Crippen LogP contribution in [0.5, 0.6) is 0 Å². The summed E-state index contributed by atoms with van der Waals surface area (Å²) in [5.41, 5.74) is -0.487. The van der Waals surface area contributed by atoms with E-state index in [2.05, 4.69) is 12.2 Å². The quantitative estimate of drug-likeness (QED) is 0.669. The molecule has 1 aromatic rings. The molecular weight excluding hydrogens is 328 g/mol. The Balaban J connectivity index is 1.73. The molecule has 3 amide bonds. The Morgan fingerprint density at radius 3 is 2.58 bits per heavy atom. The minimum Gasteiger partial charge on any atom is -0.323 e. The summed E-state index contributed by atoms with van der Waals surface area (Å²) in [7, 11) is 0. The lowest BCUT2D eigenvalue weighted by Crippen LogP contribution is -2.49. The smallest absolute Gasteiger partial charge is 0.323 e. The number of hydrogen-bond acceptors (Lipinski definition) is 3. The average Bonchev–Trinajstić information content (AvgIpc) is 2.80. The Morgan fingerprint density at radius 1 is 1.29 bits per heavy atom. The fourth-order valence-electron chi connectivity index (χ4n) is 3.65. The highest BCUT2D eigenvalue weighted by molar-refractivity contribution is 6.34. The van der Waals surface area contributed by atoms with Gasteiger partial charge in [0.05, 0.1) is 11.6 Å². The molecule has 5 nitrogen and oxygen atoms in total. The SMILES string of the molecule is CCC1CCC2(CC1)NC(=O)N(CC(=O)c1ccccc1Cl)C2=O. The molecular formula is C18H21ClN2O3. The monoisotopic (exact) mass is 348 g/mol. The van der Waals surface area contributed by atoms with E-state index >= 15 is 0 Å². The highest BCUT2D eigenvalue weighted by atomic mass is 35.5. The van der Waals surface area contributed by atoms with E-state index in [1.807, 2.05) is 0 Å². The molecule has 128 valence electrons. The van der Waals surface area contributed by atoms with Gasteiger partial charge in [0.15, 0.2) is 5.78 Å². The van der Waals surface area contributed by atoms with Crippen molar-refractivity contribution in [3.63, 3.8) is 0 Å². The molecule has 3 rings (SSSR count). The largest absolute Gasteiger partial charge is 0.325 e. The molecule has 24 heavy (non-hydrogen) atoms. The first kappa shape index (κ1) is 17.0. The molecule has 2 fully saturated rings. The number of hydrogen-bond donors (Lipinski definition) is 1. The summed E-state index contributed by atoms with van der Waals surface area (Å²) in [6.07, 6.45) is 4.23. The molecule has 1 spiro atoms. The van der Waals surface area contributed by atoms with Crippen LogP contribution < -0.4 is 5.32 Å². The third-order valence-corrected chi connectivity index (χ3v) is 5.59. The maximum Gasteiger partial charge on any atom is 0.325 e. The lowest BCUT2D eigenvalue weighted by atomic mass is 9.75. The van der Waals surface area contributed by atoms with E-state index in [1.54, 1.807) is 24.3 Å². The molecule has 1 N–H and O–H groups in total. The number of Topliss-reactive ketones (excluding diaryl/α,β-unsaturated/α-hetero) is 1. The van der Waals surface area contributed by atoms with Gasteiger partial charge in [-0.25, -0.2) is 4.79 Å². The van der Waals surface area contributed by atoms with Crippen molar-refractivity contribution < 1.29 is 14.4 Å². The van der Waals surface area contributed by atoms with E-state index < -0.39 is 11.6 Å². The standard InChI is InChI=1S/C18H21ClN2O3/c1-2-12-7-9-18(10-8-12)16(23)21(17(24)20-18)11-15(22)13-5-3-4-6-14(13)19/h3-6,12H,2,7-11H2,1H3,(H,20,24). The van der Waals surface area contributed by atoms with Crippen molar-refractivity contribution in [1.29, 1.82) is 0 Å². The van der Waals surface area contributed by atoms with Crippen LogP contribution in [-0.4, -0.2) is 34.7 Å². The van der Waals surface area contributed by atoms with E-state index in [4.69, 9.17) is 11.6 Å². The first-order chi connectivity index (χ1) is 11.5. The Bertz CT molecular complexity index is 681. The number of ketones is 1.